The number of rotatable bonds is 4. The van der Waals surface area contributed by atoms with Gasteiger partial charge in [0, 0.05) is 19.7 Å². The van der Waals surface area contributed by atoms with E-state index in [2.05, 4.69) is 0 Å². The Hall–Kier alpha value is -0.840. The van der Waals surface area contributed by atoms with Gasteiger partial charge < -0.3 is 14.4 Å². The van der Waals surface area contributed by atoms with Crippen molar-refractivity contribution in [1.82, 2.24) is 5.06 Å². The third-order valence-electron chi connectivity index (χ3n) is 1.51. The summed E-state index contributed by atoms with van der Waals surface area (Å²) in [6, 6.07) is 1.84. The van der Waals surface area contributed by atoms with Crippen LogP contribution >= 0.6 is 0 Å². The van der Waals surface area contributed by atoms with Crippen LogP contribution in [0.5, 0.6) is 0 Å². The first-order valence-corrected chi connectivity index (χ1v) is 3.68. The summed E-state index contributed by atoms with van der Waals surface area (Å²) in [5, 5.41) is 10.0. The van der Waals surface area contributed by atoms with E-state index in [1.54, 1.807) is 20.4 Å². The summed E-state index contributed by atoms with van der Waals surface area (Å²) < 4.78 is 10.1. The van der Waals surface area contributed by atoms with Gasteiger partial charge in [0.25, 0.3) is 0 Å². The highest BCUT2D eigenvalue weighted by atomic mass is 16.5. The zero-order chi connectivity index (χ0) is 8.97. The molecule has 0 spiro atoms. The third kappa shape index (κ3) is 2.34. The Morgan fingerprint density at radius 3 is 3.00 bits per heavy atom. The van der Waals surface area contributed by atoms with Crippen LogP contribution in [0.25, 0.3) is 0 Å². The summed E-state index contributed by atoms with van der Waals surface area (Å²) in [5.74, 6) is 0.738. The maximum Gasteiger partial charge on any atom is 0.125 e. The Labute approximate surface area is 71.3 Å². The van der Waals surface area contributed by atoms with E-state index in [-0.39, 0.29) is 0 Å². The fourth-order valence-electron chi connectivity index (χ4n) is 0.998. The van der Waals surface area contributed by atoms with E-state index in [1.807, 2.05) is 6.07 Å². The van der Waals surface area contributed by atoms with E-state index in [1.165, 1.54) is 0 Å². The Bertz CT molecular complexity index is 232. The topological polar surface area (TPSA) is 45.8 Å². The summed E-state index contributed by atoms with van der Waals surface area (Å²) >= 11 is 0. The van der Waals surface area contributed by atoms with Crippen molar-refractivity contribution in [1.29, 1.82) is 0 Å². The molecule has 0 amide bonds. The van der Waals surface area contributed by atoms with Crippen molar-refractivity contribution in [2.45, 2.75) is 13.2 Å². The van der Waals surface area contributed by atoms with Crippen molar-refractivity contribution >= 4 is 0 Å². The van der Waals surface area contributed by atoms with Crippen LogP contribution in [0.3, 0.4) is 0 Å². The van der Waals surface area contributed by atoms with Crippen molar-refractivity contribution in [3.8, 4) is 0 Å². The molecule has 0 unspecified atom stereocenters. The summed E-state index contributed by atoms with van der Waals surface area (Å²) in [5.41, 5.74) is 0.971. The van der Waals surface area contributed by atoms with E-state index in [9.17, 15) is 0 Å². The number of hydroxylamine groups is 2. The molecule has 1 heterocycles. The van der Waals surface area contributed by atoms with Gasteiger partial charge in [-0.15, -0.1) is 0 Å². The van der Waals surface area contributed by atoms with Gasteiger partial charge in [0.15, 0.2) is 0 Å². The highest BCUT2D eigenvalue weighted by Gasteiger charge is 2.06. The standard InChI is InChI=1S/C8H13NO3/c1-9(10)5-8-7(6-11-2)3-4-12-8/h3-4,10H,5-6H2,1-2H3. The lowest BCUT2D eigenvalue weighted by Crippen LogP contribution is -2.12. The molecule has 0 atom stereocenters. The molecule has 0 aliphatic heterocycles. The second-order valence-corrected chi connectivity index (χ2v) is 2.62. The molecule has 0 aliphatic rings. The van der Waals surface area contributed by atoms with Crippen LogP contribution in [-0.4, -0.2) is 24.4 Å². The van der Waals surface area contributed by atoms with Crippen LogP contribution < -0.4 is 0 Å². The minimum absolute atomic E-state index is 0.381. The summed E-state index contributed by atoms with van der Waals surface area (Å²) in [7, 11) is 3.19. The largest absolute Gasteiger partial charge is 0.468 e. The van der Waals surface area contributed by atoms with Crippen LogP contribution in [0.2, 0.25) is 0 Å². The fourth-order valence-corrected chi connectivity index (χ4v) is 0.998. The molecule has 0 aliphatic carbocycles. The lowest BCUT2D eigenvalue weighted by atomic mass is 10.2. The predicted octanol–water partition coefficient (Wildman–Crippen LogP) is 1.25. The van der Waals surface area contributed by atoms with E-state index in [0.29, 0.717) is 13.2 Å². The normalized spacial score (nSPS) is 11.0. The number of nitrogens with zero attached hydrogens (tertiary/aromatic N) is 1. The molecule has 0 radical (unpaired) electrons. The van der Waals surface area contributed by atoms with Crippen molar-refractivity contribution in [3.63, 3.8) is 0 Å². The first-order valence-electron chi connectivity index (χ1n) is 3.68. The number of furan rings is 1. The number of hydrogen-bond acceptors (Lipinski definition) is 4. The average Bonchev–Trinajstić information content (AvgIpc) is 2.37. The van der Waals surface area contributed by atoms with Crippen molar-refractivity contribution in [3.05, 3.63) is 23.7 Å². The van der Waals surface area contributed by atoms with Gasteiger partial charge in [0.2, 0.25) is 0 Å². The highest BCUT2D eigenvalue weighted by molar-refractivity contribution is 5.15. The minimum Gasteiger partial charge on any atom is -0.468 e. The maximum atomic E-state index is 8.95. The molecule has 1 N–H and O–H groups in total. The summed E-state index contributed by atoms with van der Waals surface area (Å²) in [4.78, 5) is 0. The zero-order valence-electron chi connectivity index (χ0n) is 7.28. The maximum absolute atomic E-state index is 8.95. The second kappa shape index (κ2) is 4.25. The van der Waals surface area contributed by atoms with Crippen LogP contribution in [0, 0.1) is 0 Å². The number of ether oxygens (including phenoxy) is 1. The molecule has 0 saturated heterocycles. The molecular weight excluding hydrogens is 158 g/mol. The Kier molecular flexibility index (Phi) is 3.28. The minimum atomic E-state index is 0.381. The van der Waals surface area contributed by atoms with Crippen molar-refractivity contribution < 1.29 is 14.4 Å². The van der Waals surface area contributed by atoms with E-state index in [4.69, 9.17) is 14.4 Å². The quantitative estimate of drug-likeness (QED) is 0.692. The average molecular weight is 171 g/mol. The number of methoxy groups -OCH3 is 1. The molecule has 0 saturated carbocycles. The van der Waals surface area contributed by atoms with Gasteiger partial charge in [0.1, 0.15) is 5.76 Å². The predicted molar refractivity (Wildman–Crippen MR) is 42.7 cm³/mol. The van der Waals surface area contributed by atoms with E-state index < -0.39 is 0 Å². The van der Waals surface area contributed by atoms with Gasteiger partial charge in [-0.3, -0.25) is 0 Å². The molecule has 1 aromatic rings. The second-order valence-electron chi connectivity index (χ2n) is 2.62. The van der Waals surface area contributed by atoms with Crippen LogP contribution in [0.4, 0.5) is 0 Å². The van der Waals surface area contributed by atoms with Gasteiger partial charge >= 0.3 is 0 Å². The van der Waals surface area contributed by atoms with Crippen LogP contribution in [0.1, 0.15) is 11.3 Å². The van der Waals surface area contributed by atoms with E-state index >= 15 is 0 Å². The summed E-state index contributed by atoms with van der Waals surface area (Å²) in [6.45, 7) is 0.894. The molecule has 0 fully saturated rings. The van der Waals surface area contributed by atoms with Gasteiger partial charge in [0.05, 0.1) is 19.4 Å². The number of hydrogen-bond donors (Lipinski definition) is 1. The molecule has 1 rings (SSSR count). The lowest BCUT2D eigenvalue weighted by Gasteiger charge is -2.06. The smallest absolute Gasteiger partial charge is 0.125 e. The van der Waals surface area contributed by atoms with Gasteiger partial charge in [-0.05, 0) is 6.07 Å². The third-order valence-corrected chi connectivity index (χ3v) is 1.51. The Balaban J connectivity index is 2.63. The Morgan fingerprint density at radius 2 is 2.42 bits per heavy atom. The van der Waals surface area contributed by atoms with Gasteiger partial charge in [-0.1, -0.05) is 0 Å². The van der Waals surface area contributed by atoms with Gasteiger partial charge in [-0.2, -0.15) is 5.06 Å². The lowest BCUT2D eigenvalue weighted by molar-refractivity contribution is -0.0778. The zero-order valence-corrected chi connectivity index (χ0v) is 7.28. The molecule has 0 bridgehead atoms. The first-order chi connectivity index (χ1) is 5.74. The first kappa shape index (κ1) is 9.25. The molecule has 1 aromatic heterocycles. The summed E-state index contributed by atoms with van der Waals surface area (Å²) in [6.07, 6.45) is 1.59. The highest BCUT2D eigenvalue weighted by Crippen LogP contribution is 2.12. The molecule has 4 heteroatoms. The molecule has 68 valence electrons. The molecule has 4 nitrogen and oxygen atoms in total. The molecular formula is C8H13NO3. The molecule has 0 aromatic carbocycles. The fraction of sp³-hybridized carbons (Fsp3) is 0.500. The van der Waals surface area contributed by atoms with Crippen molar-refractivity contribution in [2.24, 2.45) is 0 Å². The van der Waals surface area contributed by atoms with Gasteiger partial charge in [-0.25, -0.2) is 0 Å². The van der Waals surface area contributed by atoms with Crippen LogP contribution in [-0.2, 0) is 17.9 Å². The van der Waals surface area contributed by atoms with Crippen LogP contribution in [0.15, 0.2) is 16.7 Å². The van der Waals surface area contributed by atoms with E-state index in [0.717, 1.165) is 16.4 Å². The monoisotopic (exact) mass is 171 g/mol. The molecule has 12 heavy (non-hydrogen) atoms. The van der Waals surface area contributed by atoms with Crippen molar-refractivity contribution in [2.75, 3.05) is 14.2 Å². The Morgan fingerprint density at radius 1 is 1.67 bits per heavy atom. The SMILES string of the molecule is COCc1ccoc1CN(C)O.